The van der Waals surface area contributed by atoms with Gasteiger partial charge in [0.05, 0.1) is 12.5 Å². The lowest BCUT2D eigenvalue weighted by Gasteiger charge is -2.34. The largest absolute Gasteiger partial charge is 0.481 e. The molecule has 1 heterocycles. The Bertz CT molecular complexity index is 1370. The Labute approximate surface area is 271 Å². The number of hydrogen-bond acceptors (Lipinski definition) is 7. The summed E-state index contributed by atoms with van der Waals surface area (Å²) in [7, 11) is 1.73. The van der Waals surface area contributed by atoms with Gasteiger partial charge in [-0.25, -0.2) is 9.78 Å². The van der Waals surface area contributed by atoms with E-state index in [2.05, 4.69) is 5.32 Å². The highest BCUT2D eigenvalue weighted by Gasteiger charge is 2.32. The SMILES string of the molecule is CC(CC(Cc1ccccc1)NC(=O)c1csc([C@@H](C[C@H](C(C)C)N(C)C(=O)OC(C)(C)C)OCc2ccccc2)n1)C(=O)O. The van der Waals surface area contributed by atoms with Crippen LogP contribution in [0.3, 0.4) is 0 Å². The molecule has 0 radical (unpaired) electrons. The number of aliphatic carboxylic acids is 1. The van der Waals surface area contributed by atoms with Crippen molar-refractivity contribution in [2.24, 2.45) is 11.8 Å². The average Bonchev–Trinajstić information content (AvgIpc) is 3.47. The Morgan fingerprint density at radius 2 is 1.56 bits per heavy atom. The van der Waals surface area contributed by atoms with E-state index in [-0.39, 0.29) is 30.0 Å². The highest BCUT2D eigenvalue weighted by atomic mass is 32.1. The number of nitrogens with zero attached hydrogens (tertiary/aromatic N) is 2. The van der Waals surface area contributed by atoms with E-state index < -0.39 is 35.7 Å². The zero-order valence-corrected chi connectivity index (χ0v) is 28.2. The molecule has 1 aromatic heterocycles. The molecule has 2 N–H and O–H groups in total. The average molecular weight is 638 g/mol. The van der Waals surface area contributed by atoms with Gasteiger partial charge < -0.3 is 24.8 Å². The molecule has 2 unspecified atom stereocenters. The zero-order valence-electron chi connectivity index (χ0n) is 27.4. The molecule has 2 amide bonds. The second kappa shape index (κ2) is 16.5. The molecular formula is C35H47N3O6S. The van der Waals surface area contributed by atoms with Crippen LogP contribution in [0.25, 0.3) is 0 Å². The first-order valence-corrected chi connectivity index (χ1v) is 16.3. The third kappa shape index (κ3) is 11.6. The minimum Gasteiger partial charge on any atom is -0.481 e. The lowest BCUT2D eigenvalue weighted by Crippen LogP contribution is -2.44. The lowest BCUT2D eigenvalue weighted by atomic mass is 9.96. The first-order chi connectivity index (χ1) is 21.2. The van der Waals surface area contributed by atoms with Crippen LogP contribution in [0.2, 0.25) is 0 Å². The second-order valence-corrected chi connectivity index (χ2v) is 13.7. The van der Waals surface area contributed by atoms with Crippen LogP contribution in [0.4, 0.5) is 4.79 Å². The highest BCUT2D eigenvalue weighted by molar-refractivity contribution is 7.09. The fourth-order valence-electron chi connectivity index (χ4n) is 5.00. The Balaban J connectivity index is 1.84. The standard InChI is InChI=1S/C35H47N3O6S/c1-23(2)29(38(7)34(42)44-35(4,5)6)20-30(43-21-26-16-12-9-13-17-26)32-37-28(22-45-32)31(39)36-27(18-24(3)33(40)41)19-25-14-10-8-11-15-25/h8-17,22-24,27,29-30H,18-21H2,1-7H3,(H,36,39)(H,40,41)/t24?,27?,29-,30-/m1/s1. The van der Waals surface area contributed by atoms with Crippen LogP contribution in [0.15, 0.2) is 66.0 Å². The monoisotopic (exact) mass is 637 g/mol. The topological polar surface area (TPSA) is 118 Å². The molecule has 0 aliphatic heterocycles. The Hall–Kier alpha value is -3.76. The number of rotatable bonds is 15. The third-order valence-electron chi connectivity index (χ3n) is 7.45. The van der Waals surface area contributed by atoms with E-state index >= 15 is 0 Å². The molecule has 0 spiro atoms. The van der Waals surface area contributed by atoms with Gasteiger partial charge in [0.25, 0.3) is 5.91 Å². The summed E-state index contributed by atoms with van der Waals surface area (Å²) in [6.07, 6.45) is 0.310. The maximum Gasteiger partial charge on any atom is 0.410 e. The van der Waals surface area contributed by atoms with Crippen LogP contribution in [0, 0.1) is 11.8 Å². The predicted molar refractivity (Wildman–Crippen MR) is 176 cm³/mol. The van der Waals surface area contributed by atoms with Gasteiger partial charge in [-0.1, -0.05) is 81.4 Å². The van der Waals surface area contributed by atoms with E-state index in [4.69, 9.17) is 14.5 Å². The van der Waals surface area contributed by atoms with E-state index in [1.54, 1.807) is 24.3 Å². The summed E-state index contributed by atoms with van der Waals surface area (Å²) < 4.78 is 12.1. The number of aromatic nitrogens is 1. The number of amides is 2. The van der Waals surface area contributed by atoms with Crippen molar-refractivity contribution >= 4 is 29.3 Å². The number of benzene rings is 2. The van der Waals surface area contributed by atoms with Crippen LogP contribution in [0.1, 0.15) is 87.1 Å². The molecule has 0 saturated carbocycles. The lowest BCUT2D eigenvalue weighted by molar-refractivity contribution is -0.141. The molecule has 0 aliphatic carbocycles. The van der Waals surface area contributed by atoms with Crippen LogP contribution in [-0.4, -0.2) is 57.7 Å². The minimum absolute atomic E-state index is 0.0862. The normalized spacial score (nSPS) is 14.3. The number of hydrogen-bond donors (Lipinski definition) is 2. The van der Waals surface area contributed by atoms with Crippen molar-refractivity contribution in [3.05, 3.63) is 87.9 Å². The van der Waals surface area contributed by atoms with Gasteiger partial charge in [0.15, 0.2) is 0 Å². The summed E-state index contributed by atoms with van der Waals surface area (Å²) >= 11 is 1.33. The van der Waals surface area contributed by atoms with Crippen LogP contribution < -0.4 is 5.32 Å². The van der Waals surface area contributed by atoms with E-state index in [0.717, 1.165) is 11.1 Å². The summed E-state index contributed by atoms with van der Waals surface area (Å²) in [4.78, 5) is 44.4. The number of carbonyl (C=O) groups excluding carboxylic acids is 2. The van der Waals surface area contributed by atoms with Crippen LogP contribution in [0.5, 0.6) is 0 Å². The Morgan fingerprint density at radius 1 is 0.956 bits per heavy atom. The molecule has 0 fully saturated rings. The fraction of sp³-hybridized carbons (Fsp3) is 0.486. The number of carboxylic acids is 1. The summed E-state index contributed by atoms with van der Waals surface area (Å²) in [5.41, 5.74) is 1.61. The second-order valence-electron chi connectivity index (χ2n) is 12.8. The van der Waals surface area contributed by atoms with E-state index in [0.29, 0.717) is 24.5 Å². The highest BCUT2D eigenvalue weighted by Crippen LogP contribution is 2.31. The predicted octanol–water partition coefficient (Wildman–Crippen LogP) is 7.13. The number of nitrogens with one attached hydrogen (secondary N) is 1. The molecule has 244 valence electrons. The maximum absolute atomic E-state index is 13.4. The van der Waals surface area contributed by atoms with E-state index in [1.807, 2.05) is 95.3 Å². The van der Waals surface area contributed by atoms with Crippen molar-refractivity contribution in [2.45, 2.75) is 91.2 Å². The molecule has 0 aliphatic rings. The van der Waals surface area contributed by atoms with E-state index in [9.17, 15) is 19.5 Å². The molecular weight excluding hydrogens is 590 g/mol. The quantitative estimate of drug-likeness (QED) is 0.182. The van der Waals surface area contributed by atoms with Crippen molar-refractivity contribution in [3.8, 4) is 0 Å². The molecule has 9 nitrogen and oxygen atoms in total. The summed E-state index contributed by atoms with van der Waals surface area (Å²) in [5, 5.41) is 14.9. The summed E-state index contributed by atoms with van der Waals surface area (Å²) in [6.45, 7) is 11.6. The molecule has 3 aromatic rings. The Morgan fingerprint density at radius 3 is 2.11 bits per heavy atom. The number of thiazole rings is 1. The van der Waals surface area contributed by atoms with Gasteiger partial charge in [-0.2, -0.15) is 0 Å². The van der Waals surface area contributed by atoms with Gasteiger partial charge in [0, 0.05) is 30.9 Å². The molecule has 3 rings (SSSR count). The van der Waals surface area contributed by atoms with Gasteiger partial charge in [-0.15, -0.1) is 11.3 Å². The maximum atomic E-state index is 13.4. The molecule has 4 atom stereocenters. The van der Waals surface area contributed by atoms with Crippen molar-refractivity contribution in [1.29, 1.82) is 0 Å². The van der Waals surface area contributed by atoms with Crippen LogP contribution >= 0.6 is 11.3 Å². The number of carboxylic acid groups (broad SMARTS) is 1. The number of ether oxygens (including phenoxy) is 2. The van der Waals surface area contributed by atoms with Gasteiger partial charge in [0.1, 0.15) is 22.4 Å². The number of carbonyl (C=O) groups is 3. The summed E-state index contributed by atoms with van der Waals surface area (Å²) in [6, 6.07) is 18.9. The van der Waals surface area contributed by atoms with Crippen LogP contribution in [-0.2, 0) is 27.3 Å². The van der Waals surface area contributed by atoms with Crippen molar-refractivity contribution in [1.82, 2.24) is 15.2 Å². The fourth-order valence-corrected chi connectivity index (χ4v) is 5.86. The van der Waals surface area contributed by atoms with Crippen molar-refractivity contribution < 1.29 is 29.0 Å². The van der Waals surface area contributed by atoms with Crippen molar-refractivity contribution in [2.75, 3.05) is 7.05 Å². The first kappa shape index (κ1) is 35.7. The van der Waals surface area contributed by atoms with Gasteiger partial charge in [-0.05, 0) is 50.7 Å². The van der Waals surface area contributed by atoms with Gasteiger partial charge in [0.2, 0.25) is 0 Å². The van der Waals surface area contributed by atoms with Crippen molar-refractivity contribution in [3.63, 3.8) is 0 Å². The van der Waals surface area contributed by atoms with E-state index in [1.165, 1.54) is 11.3 Å². The summed E-state index contributed by atoms with van der Waals surface area (Å²) in [5.74, 6) is -1.82. The smallest absolute Gasteiger partial charge is 0.410 e. The molecule has 10 heteroatoms. The molecule has 2 aromatic carbocycles. The van der Waals surface area contributed by atoms with Gasteiger partial charge >= 0.3 is 12.1 Å². The van der Waals surface area contributed by atoms with Gasteiger partial charge in [-0.3, -0.25) is 9.59 Å². The third-order valence-corrected chi connectivity index (χ3v) is 8.38. The zero-order chi connectivity index (χ0) is 33.1. The first-order valence-electron chi connectivity index (χ1n) is 15.4. The minimum atomic E-state index is -0.910. The molecule has 0 bridgehead atoms. The molecule has 45 heavy (non-hydrogen) atoms. The molecule has 0 saturated heterocycles. The Kier molecular flexibility index (Phi) is 13.1.